The van der Waals surface area contributed by atoms with Gasteiger partial charge >= 0.3 is 5.97 Å². The Balaban J connectivity index is 1.62. The van der Waals surface area contributed by atoms with Crippen LogP contribution in [0.15, 0.2) is 42.6 Å². The highest BCUT2D eigenvalue weighted by Crippen LogP contribution is 2.46. The lowest BCUT2D eigenvalue weighted by Gasteiger charge is -2.45. The summed E-state index contributed by atoms with van der Waals surface area (Å²) in [6.45, 7) is 0.551. The van der Waals surface area contributed by atoms with Gasteiger partial charge < -0.3 is 19.4 Å². The Bertz CT molecular complexity index is 887. The van der Waals surface area contributed by atoms with Crippen LogP contribution in [-0.4, -0.2) is 48.8 Å². The predicted octanol–water partition coefficient (Wildman–Crippen LogP) is 2.26. The first-order chi connectivity index (χ1) is 12.6. The van der Waals surface area contributed by atoms with Crippen molar-refractivity contribution in [3.05, 3.63) is 48.2 Å². The van der Waals surface area contributed by atoms with Crippen LogP contribution in [0.3, 0.4) is 0 Å². The topological polar surface area (TPSA) is 71.6 Å². The minimum atomic E-state index is -0.914. The first kappa shape index (κ1) is 16.8. The SMILES string of the molecule is COC(=O)[C@@]12C=C[C@@H](CN(C(=O)Cc3c[nH]c4ccccc34)[C@@H]1OC)C2. The number of benzene rings is 1. The minimum absolute atomic E-state index is 0.0525. The quantitative estimate of drug-likeness (QED) is 0.675. The molecule has 136 valence electrons. The number of carbonyl (C=O) groups is 2. The van der Waals surface area contributed by atoms with Gasteiger partial charge in [-0.25, -0.2) is 0 Å². The molecule has 1 N–H and O–H groups in total. The van der Waals surface area contributed by atoms with E-state index in [-0.39, 0.29) is 24.2 Å². The molecule has 3 atom stereocenters. The van der Waals surface area contributed by atoms with Crippen LogP contribution in [0.1, 0.15) is 12.0 Å². The Hall–Kier alpha value is -2.60. The van der Waals surface area contributed by atoms with Crippen LogP contribution in [0.4, 0.5) is 0 Å². The van der Waals surface area contributed by atoms with E-state index in [0.717, 1.165) is 16.5 Å². The van der Waals surface area contributed by atoms with Gasteiger partial charge in [0.05, 0.1) is 13.5 Å². The molecule has 1 aliphatic carbocycles. The number of hydrogen-bond acceptors (Lipinski definition) is 4. The number of piperidine rings is 1. The number of aromatic nitrogens is 1. The molecule has 1 aliphatic heterocycles. The largest absolute Gasteiger partial charge is 0.468 e. The van der Waals surface area contributed by atoms with Crippen LogP contribution in [0, 0.1) is 11.3 Å². The molecule has 2 aromatic rings. The lowest BCUT2D eigenvalue weighted by atomic mass is 9.79. The molecule has 0 unspecified atom stereocenters. The van der Waals surface area contributed by atoms with E-state index in [1.165, 1.54) is 14.2 Å². The number of methoxy groups -OCH3 is 2. The zero-order valence-corrected chi connectivity index (χ0v) is 14.9. The Morgan fingerprint density at radius 2 is 2.12 bits per heavy atom. The van der Waals surface area contributed by atoms with Crippen LogP contribution in [-0.2, 0) is 25.5 Å². The Labute approximate surface area is 151 Å². The van der Waals surface area contributed by atoms with E-state index in [0.29, 0.717) is 13.0 Å². The predicted molar refractivity (Wildman–Crippen MR) is 96.2 cm³/mol. The molecule has 2 aliphatic rings. The van der Waals surface area contributed by atoms with Crippen molar-refractivity contribution in [3.8, 4) is 0 Å². The first-order valence-electron chi connectivity index (χ1n) is 8.74. The maximum atomic E-state index is 13.1. The Morgan fingerprint density at radius 1 is 1.31 bits per heavy atom. The Kier molecular flexibility index (Phi) is 4.07. The maximum Gasteiger partial charge on any atom is 0.320 e. The van der Waals surface area contributed by atoms with Crippen molar-refractivity contribution in [2.45, 2.75) is 19.1 Å². The number of nitrogens with zero attached hydrogens (tertiary/aromatic N) is 1. The molecule has 1 fully saturated rings. The minimum Gasteiger partial charge on any atom is -0.468 e. The van der Waals surface area contributed by atoms with Crippen molar-refractivity contribution in [3.63, 3.8) is 0 Å². The molecule has 1 aromatic heterocycles. The summed E-state index contributed by atoms with van der Waals surface area (Å²) in [5.41, 5.74) is 1.03. The molecular formula is C20H22N2O4. The van der Waals surface area contributed by atoms with Crippen molar-refractivity contribution in [1.82, 2.24) is 9.88 Å². The van der Waals surface area contributed by atoms with Crippen LogP contribution in [0.2, 0.25) is 0 Å². The molecule has 6 nitrogen and oxygen atoms in total. The van der Waals surface area contributed by atoms with E-state index >= 15 is 0 Å². The van der Waals surface area contributed by atoms with Gasteiger partial charge in [0, 0.05) is 30.8 Å². The molecule has 1 aromatic carbocycles. The number of esters is 1. The van der Waals surface area contributed by atoms with Gasteiger partial charge in [0.1, 0.15) is 5.41 Å². The summed E-state index contributed by atoms with van der Waals surface area (Å²) in [5, 5.41) is 1.04. The third-order valence-electron chi connectivity index (χ3n) is 5.55. The van der Waals surface area contributed by atoms with E-state index in [1.807, 2.05) is 42.6 Å². The normalized spacial score (nSPS) is 27.1. The number of likely N-dealkylation sites (tertiary alicyclic amines) is 1. The lowest BCUT2D eigenvalue weighted by molar-refractivity contribution is -0.183. The standard InChI is InChI=1S/C20H22N2O4/c1-25-18-20(19(24)26-2)8-7-13(10-20)12-22(18)17(23)9-14-11-21-16-6-4-3-5-15(14)16/h3-8,11,13,18,21H,9-10,12H2,1-2H3/t13-,18-,20-/m1/s1. The molecule has 26 heavy (non-hydrogen) atoms. The second-order valence-corrected chi connectivity index (χ2v) is 7.03. The molecule has 0 saturated carbocycles. The van der Waals surface area contributed by atoms with Crippen LogP contribution < -0.4 is 0 Å². The summed E-state index contributed by atoms with van der Waals surface area (Å²) in [6, 6.07) is 7.90. The van der Waals surface area contributed by atoms with E-state index in [9.17, 15) is 9.59 Å². The zero-order valence-electron chi connectivity index (χ0n) is 14.9. The van der Waals surface area contributed by atoms with Crippen molar-refractivity contribution in [2.24, 2.45) is 11.3 Å². The van der Waals surface area contributed by atoms with Gasteiger partial charge in [0.15, 0.2) is 6.23 Å². The number of para-hydroxylation sites is 1. The average Bonchev–Trinajstić information content (AvgIpc) is 3.23. The molecule has 1 amide bonds. The van der Waals surface area contributed by atoms with Gasteiger partial charge in [0.25, 0.3) is 0 Å². The highest BCUT2D eigenvalue weighted by Gasteiger charge is 2.56. The van der Waals surface area contributed by atoms with Crippen LogP contribution >= 0.6 is 0 Å². The summed E-state index contributed by atoms with van der Waals surface area (Å²) >= 11 is 0. The van der Waals surface area contributed by atoms with E-state index < -0.39 is 11.6 Å². The van der Waals surface area contributed by atoms with Gasteiger partial charge in [-0.1, -0.05) is 30.4 Å². The summed E-state index contributed by atoms with van der Waals surface area (Å²) in [6.07, 6.45) is 5.96. The third-order valence-corrected chi connectivity index (χ3v) is 5.55. The molecular weight excluding hydrogens is 332 g/mol. The zero-order chi connectivity index (χ0) is 18.3. The van der Waals surface area contributed by atoms with E-state index in [2.05, 4.69) is 4.98 Å². The van der Waals surface area contributed by atoms with Crippen molar-refractivity contribution < 1.29 is 19.1 Å². The summed E-state index contributed by atoms with van der Waals surface area (Å²) in [4.78, 5) is 30.5. The van der Waals surface area contributed by atoms with Crippen molar-refractivity contribution >= 4 is 22.8 Å². The number of nitrogens with one attached hydrogen (secondary N) is 1. The number of rotatable bonds is 4. The van der Waals surface area contributed by atoms with Gasteiger partial charge in [-0.3, -0.25) is 9.59 Å². The van der Waals surface area contributed by atoms with Gasteiger partial charge in [-0.2, -0.15) is 0 Å². The second-order valence-electron chi connectivity index (χ2n) is 7.03. The fraction of sp³-hybridized carbons (Fsp3) is 0.400. The summed E-state index contributed by atoms with van der Waals surface area (Å²) < 4.78 is 10.7. The van der Waals surface area contributed by atoms with Gasteiger partial charge in [-0.05, 0) is 24.0 Å². The van der Waals surface area contributed by atoms with Crippen LogP contribution in [0.5, 0.6) is 0 Å². The monoisotopic (exact) mass is 354 g/mol. The molecule has 0 radical (unpaired) electrons. The van der Waals surface area contributed by atoms with E-state index in [1.54, 1.807) is 4.90 Å². The van der Waals surface area contributed by atoms with Crippen molar-refractivity contribution in [2.75, 3.05) is 20.8 Å². The molecule has 2 bridgehead atoms. The fourth-order valence-electron chi connectivity index (χ4n) is 4.37. The molecule has 4 rings (SSSR count). The number of H-pyrrole nitrogens is 1. The smallest absolute Gasteiger partial charge is 0.320 e. The number of amides is 1. The number of ether oxygens (including phenoxy) is 2. The number of hydrogen-bond donors (Lipinski definition) is 1. The molecule has 2 heterocycles. The number of fused-ring (bicyclic) bond motifs is 3. The lowest BCUT2D eigenvalue weighted by Crippen LogP contribution is -2.58. The highest BCUT2D eigenvalue weighted by molar-refractivity contribution is 5.90. The van der Waals surface area contributed by atoms with Crippen LogP contribution in [0.25, 0.3) is 10.9 Å². The maximum absolute atomic E-state index is 13.1. The Morgan fingerprint density at radius 3 is 2.88 bits per heavy atom. The highest BCUT2D eigenvalue weighted by atomic mass is 16.5. The van der Waals surface area contributed by atoms with E-state index in [4.69, 9.17) is 9.47 Å². The summed E-state index contributed by atoms with van der Waals surface area (Å²) in [5.74, 6) is -0.261. The molecule has 1 saturated heterocycles. The fourth-order valence-corrected chi connectivity index (χ4v) is 4.37. The number of carbonyl (C=O) groups excluding carboxylic acids is 2. The van der Waals surface area contributed by atoms with Gasteiger partial charge in [-0.15, -0.1) is 0 Å². The van der Waals surface area contributed by atoms with Crippen molar-refractivity contribution in [1.29, 1.82) is 0 Å². The number of aromatic amines is 1. The van der Waals surface area contributed by atoms with Gasteiger partial charge in [0.2, 0.25) is 5.91 Å². The molecule has 0 spiro atoms. The molecule has 6 heteroatoms. The average molecular weight is 354 g/mol. The first-order valence-corrected chi connectivity index (χ1v) is 8.74. The second kappa shape index (κ2) is 6.29. The summed E-state index contributed by atoms with van der Waals surface area (Å²) in [7, 11) is 2.91. The third kappa shape index (κ3) is 2.44.